The van der Waals surface area contributed by atoms with Gasteiger partial charge in [0.2, 0.25) is 0 Å². The van der Waals surface area contributed by atoms with E-state index in [1.54, 1.807) is 0 Å². The first-order valence-electron chi connectivity index (χ1n) is 8.83. The van der Waals surface area contributed by atoms with E-state index >= 15 is 0 Å². The molecule has 0 aliphatic heterocycles. The molecule has 0 bridgehead atoms. The third kappa shape index (κ3) is 3.10. The van der Waals surface area contributed by atoms with Gasteiger partial charge in [0.15, 0.2) is 5.78 Å². The molecule has 0 amide bonds. The Balaban J connectivity index is 2.21. The number of carbonyl (C=O) groups is 1. The van der Waals surface area contributed by atoms with Gasteiger partial charge in [-0.25, -0.2) is 0 Å². The Hall–Kier alpha value is -0.370. The van der Waals surface area contributed by atoms with Crippen molar-refractivity contribution in [3.8, 4) is 0 Å². The van der Waals surface area contributed by atoms with Gasteiger partial charge in [0.1, 0.15) is 0 Å². The third-order valence-corrected chi connectivity index (χ3v) is 6.02. The molecule has 2 unspecified atom stereocenters. The second-order valence-electron chi connectivity index (χ2n) is 7.26. The van der Waals surface area contributed by atoms with Gasteiger partial charge >= 0.3 is 0 Å². The van der Waals surface area contributed by atoms with E-state index in [0.717, 1.165) is 19.3 Å². The number of likely N-dealkylation sites (N-methyl/N-ethyl adjacent to an activating group) is 1. The molecule has 2 aliphatic carbocycles. The summed E-state index contributed by atoms with van der Waals surface area (Å²) in [5, 5.41) is 0. The van der Waals surface area contributed by atoms with Gasteiger partial charge in [-0.1, -0.05) is 51.9 Å². The van der Waals surface area contributed by atoms with E-state index < -0.39 is 0 Å². The van der Waals surface area contributed by atoms with Crippen LogP contribution in [0.25, 0.3) is 0 Å². The standard InChI is InChI=1S/C18H33NO/c1-4-15-11-7-8-12-16(15)17(20)18(19(2)3)13-9-5-6-10-14-18/h15-16H,4-14H2,1-3H3. The maximum Gasteiger partial charge on any atom is 0.156 e. The SMILES string of the molecule is CCC1CCCCC1C(=O)C1(N(C)C)CCCCCC1. The van der Waals surface area contributed by atoms with Crippen molar-refractivity contribution in [3.05, 3.63) is 0 Å². The van der Waals surface area contributed by atoms with Crippen LogP contribution in [0.5, 0.6) is 0 Å². The first-order chi connectivity index (χ1) is 9.62. The molecule has 2 nitrogen and oxygen atoms in total. The largest absolute Gasteiger partial charge is 0.297 e. The van der Waals surface area contributed by atoms with Gasteiger partial charge < -0.3 is 0 Å². The Labute approximate surface area is 125 Å². The normalized spacial score (nSPS) is 31.0. The maximum absolute atomic E-state index is 13.4. The molecule has 0 heterocycles. The van der Waals surface area contributed by atoms with Crippen molar-refractivity contribution >= 4 is 5.78 Å². The third-order valence-electron chi connectivity index (χ3n) is 6.02. The molecule has 2 aliphatic rings. The molecule has 2 fully saturated rings. The molecule has 0 N–H and O–H groups in total. The highest BCUT2D eigenvalue weighted by molar-refractivity contribution is 5.90. The van der Waals surface area contributed by atoms with Crippen molar-refractivity contribution in [2.75, 3.05) is 14.1 Å². The number of ketones is 1. The van der Waals surface area contributed by atoms with Crippen LogP contribution in [0.15, 0.2) is 0 Å². The minimum atomic E-state index is -0.147. The quantitative estimate of drug-likeness (QED) is 0.710. The van der Waals surface area contributed by atoms with Gasteiger partial charge in [0.25, 0.3) is 0 Å². The number of Topliss-reactive ketones (excluding diaryl/α,β-unsaturated/α-hetero) is 1. The Morgan fingerprint density at radius 3 is 2.15 bits per heavy atom. The van der Waals surface area contributed by atoms with E-state index in [-0.39, 0.29) is 5.54 Å². The van der Waals surface area contributed by atoms with Gasteiger partial charge in [-0.3, -0.25) is 9.69 Å². The zero-order chi connectivity index (χ0) is 14.6. The molecule has 0 radical (unpaired) electrons. The lowest BCUT2D eigenvalue weighted by Crippen LogP contribution is -2.54. The van der Waals surface area contributed by atoms with Crippen molar-refractivity contribution in [3.63, 3.8) is 0 Å². The zero-order valence-corrected chi connectivity index (χ0v) is 13.8. The fourth-order valence-corrected chi connectivity index (χ4v) is 4.61. The summed E-state index contributed by atoms with van der Waals surface area (Å²) in [6.45, 7) is 2.27. The van der Waals surface area contributed by atoms with Crippen molar-refractivity contribution in [2.45, 2.75) is 83.1 Å². The second kappa shape index (κ2) is 7.06. The average molecular weight is 279 g/mol. The van der Waals surface area contributed by atoms with Crippen LogP contribution in [0.3, 0.4) is 0 Å². The lowest BCUT2D eigenvalue weighted by Gasteiger charge is -2.43. The Kier molecular flexibility index (Phi) is 5.65. The molecule has 0 aromatic heterocycles. The minimum absolute atomic E-state index is 0.147. The Morgan fingerprint density at radius 2 is 1.60 bits per heavy atom. The van der Waals surface area contributed by atoms with Gasteiger partial charge in [0, 0.05) is 5.92 Å². The van der Waals surface area contributed by atoms with E-state index in [0.29, 0.717) is 17.6 Å². The topological polar surface area (TPSA) is 20.3 Å². The summed E-state index contributed by atoms with van der Waals surface area (Å²) in [7, 11) is 4.26. The molecule has 0 saturated heterocycles. The van der Waals surface area contributed by atoms with Crippen molar-refractivity contribution in [2.24, 2.45) is 11.8 Å². The molecule has 2 rings (SSSR count). The van der Waals surface area contributed by atoms with Crippen LogP contribution < -0.4 is 0 Å². The monoisotopic (exact) mass is 279 g/mol. The van der Waals surface area contributed by atoms with Crippen LogP contribution in [0.2, 0.25) is 0 Å². The van der Waals surface area contributed by atoms with Crippen molar-refractivity contribution < 1.29 is 4.79 Å². The fourth-order valence-electron chi connectivity index (χ4n) is 4.61. The lowest BCUT2D eigenvalue weighted by molar-refractivity contribution is -0.138. The predicted octanol–water partition coefficient (Wildman–Crippen LogP) is 4.43. The molecule has 20 heavy (non-hydrogen) atoms. The Morgan fingerprint density at radius 1 is 1.00 bits per heavy atom. The summed E-state index contributed by atoms with van der Waals surface area (Å²) in [6.07, 6.45) is 13.4. The van der Waals surface area contributed by atoms with E-state index in [4.69, 9.17) is 0 Å². The lowest BCUT2D eigenvalue weighted by atomic mass is 9.68. The number of nitrogens with zero attached hydrogens (tertiary/aromatic N) is 1. The predicted molar refractivity (Wildman–Crippen MR) is 84.9 cm³/mol. The van der Waals surface area contributed by atoms with E-state index in [1.165, 1.54) is 51.4 Å². The average Bonchev–Trinajstić information content (AvgIpc) is 2.73. The number of rotatable bonds is 4. The smallest absolute Gasteiger partial charge is 0.156 e. The maximum atomic E-state index is 13.4. The first kappa shape index (κ1) is 16.0. The summed E-state index contributed by atoms with van der Waals surface area (Å²) >= 11 is 0. The zero-order valence-electron chi connectivity index (χ0n) is 13.8. The molecule has 0 spiro atoms. The molecule has 2 heteroatoms. The molecular formula is C18H33NO. The summed E-state index contributed by atoms with van der Waals surface area (Å²) < 4.78 is 0. The summed E-state index contributed by atoms with van der Waals surface area (Å²) in [6, 6.07) is 0. The van der Waals surface area contributed by atoms with Crippen molar-refractivity contribution in [1.29, 1.82) is 0 Å². The molecular weight excluding hydrogens is 246 g/mol. The van der Waals surface area contributed by atoms with E-state index in [1.807, 2.05) is 0 Å². The van der Waals surface area contributed by atoms with Gasteiger partial charge in [0.05, 0.1) is 5.54 Å². The Bertz CT molecular complexity index is 315. The van der Waals surface area contributed by atoms with E-state index in [9.17, 15) is 4.79 Å². The van der Waals surface area contributed by atoms with Crippen LogP contribution >= 0.6 is 0 Å². The number of hydrogen-bond donors (Lipinski definition) is 0. The van der Waals surface area contributed by atoms with Gasteiger partial charge in [-0.2, -0.15) is 0 Å². The van der Waals surface area contributed by atoms with Crippen LogP contribution in [0.1, 0.15) is 77.6 Å². The molecule has 0 aromatic carbocycles. The highest BCUT2D eigenvalue weighted by Crippen LogP contribution is 2.40. The van der Waals surface area contributed by atoms with Crippen LogP contribution in [-0.4, -0.2) is 30.3 Å². The number of carbonyl (C=O) groups excluding carboxylic acids is 1. The molecule has 116 valence electrons. The molecule has 0 aromatic rings. The number of hydrogen-bond acceptors (Lipinski definition) is 2. The summed E-state index contributed by atoms with van der Waals surface area (Å²) in [4.78, 5) is 15.7. The van der Waals surface area contributed by atoms with E-state index in [2.05, 4.69) is 25.9 Å². The van der Waals surface area contributed by atoms with Crippen LogP contribution in [0, 0.1) is 11.8 Å². The highest BCUT2D eigenvalue weighted by Gasteiger charge is 2.45. The highest BCUT2D eigenvalue weighted by atomic mass is 16.1. The van der Waals surface area contributed by atoms with Crippen LogP contribution in [0.4, 0.5) is 0 Å². The minimum Gasteiger partial charge on any atom is -0.297 e. The van der Waals surface area contributed by atoms with Gasteiger partial charge in [-0.15, -0.1) is 0 Å². The summed E-state index contributed by atoms with van der Waals surface area (Å²) in [5.41, 5.74) is -0.147. The van der Waals surface area contributed by atoms with Crippen LogP contribution in [-0.2, 0) is 4.79 Å². The molecule has 2 saturated carbocycles. The second-order valence-corrected chi connectivity index (χ2v) is 7.26. The van der Waals surface area contributed by atoms with Crippen molar-refractivity contribution in [1.82, 2.24) is 4.90 Å². The summed E-state index contributed by atoms with van der Waals surface area (Å²) in [5.74, 6) is 1.58. The first-order valence-corrected chi connectivity index (χ1v) is 8.83. The van der Waals surface area contributed by atoms with Gasteiger partial charge in [-0.05, 0) is 45.7 Å². The molecule has 2 atom stereocenters. The fraction of sp³-hybridized carbons (Fsp3) is 0.944.